The number of hydrogen-bond acceptors (Lipinski definition) is 8. The zero-order valence-electron chi connectivity index (χ0n) is 18.4. The van der Waals surface area contributed by atoms with Crippen LogP contribution in [0.4, 0.5) is 5.69 Å². The SMILES string of the molecule is Cc1cc(N(C)Cc2nnnn2C)cc(C#N)c1S(=O)(=O)N1CC[C@@H]2CN(C)CC[C@@H]21. The Hall–Kier alpha value is -2.55. The number of anilines is 1. The second kappa shape index (κ2) is 8.18. The number of nitriles is 1. The molecule has 4 rings (SSSR count). The highest BCUT2D eigenvalue weighted by Crippen LogP contribution is 2.37. The molecule has 3 heterocycles. The van der Waals surface area contributed by atoms with Crippen LogP contribution in [0, 0.1) is 24.2 Å². The summed E-state index contributed by atoms with van der Waals surface area (Å²) >= 11 is 0. The average Bonchev–Trinajstić information content (AvgIpc) is 3.33. The lowest BCUT2D eigenvalue weighted by atomic mass is 9.94. The van der Waals surface area contributed by atoms with Gasteiger partial charge in [0.15, 0.2) is 5.82 Å². The molecule has 0 bridgehead atoms. The van der Waals surface area contributed by atoms with E-state index in [4.69, 9.17) is 0 Å². The summed E-state index contributed by atoms with van der Waals surface area (Å²) in [5.41, 5.74) is 1.50. The zero-order chi connectivity index (χ0) is 22.3. The molecule has 0 unspecified atom stereocenters. The number of piperidine rings is 1. The van der Waals surface area contributed by atoms with Crippen LogP contribution in [0.2, 0.25) is 0 Å². The van der Waals surface area contributed by atoms with E-state index in [0.29, 0.717) is 30.4 Å². The van der Waals surface area contributed by atoms with Crippen molar-refractivity contribution in [3.63, 3.8) is 0 Å². The molecule has 0 aliphatic carbocycles. The predicted molar refractivity (Wildman–Crippen MR) is 115 cm³/mol. The Kier molecular flexibility index (Phi) is 5.72. The first kappa shape index (κ1) is 21.7. The van der Waals surface area contributed by atoms with E-state index >= 15 is 0 Å². The second-order valence-corrected chi connectivity index (χ2v) is 10.4. The maximum atomic E-state index is 13.7. The van der Waals surface area contributed by atoms with E-state index < -0.39 is 10.0 Å². The van der Waals surface area contributed by atoms with E-state index in [9.17, 15) is 13.7 Å². The molecule has 0 N–H and O–H groups in total. The van der Waals surface area contributed by atoms with Crippen molar-refractivity contribution >= 4 is 15.7 Å². The molecular weight excluding hydrogens is 416 g/mol. The van der Waals surface area contributed by atoms with E-state index in [-0.39, 0.29) is 16.5 Å². The number of tetrazole rings is 1. The number of hydrogen-bond donors (Lipinski definition) is 0. The van der Waals surface area contributed by atoms with Crippen LogP contribution in [0.5, 0.6) is 0 Å². The normalized spacial score (nSPS) is 22.3. The molecule has 2 fully saturated rings. The number of aryl methyl sites for hydroxylation is 2. The lowest BCUT2D eigenvalue weighted by Gasteiger charge is -2.36. The van der Waals surface area contributed by atoms with Crippen LogP contribution in [-0.4, -0.2) is 77.6 Å². The molecule has 1 aromatic carbocycles. The van der Waals surface area contributed by atoms with Gasteiger partial charge in [-0.15, -0.1) is 5.10 Å². The molecule has 2 aliphatic heterocycles. The van der Waals surface area contributed by atoms with Crippen molar-refractivity contribution in [3.8, 4) is 6.07 Å². The maximum absolute atomic E-state index is 13.7. The molecule has 2 aliphatic rings. The molecule has 31 heavy (non-hydrogen) atoms. The van der Waals surface area contributed by atoms with Gasteiger partial charge >= 0.3 is 0 Å². The molecule has 2 atom stereocenters. The summed E-state index contributed by atoms with van der Waals surface area (Å²) in [6.07, 6.45) is 1.69. The Bertz CT molecular complexity index is 1120. The lowest BCUT2D eigenvalue weighted by molar-refractivity contribution is 0.168. The third-order valence-electron chi connectivity index (χ3n) is 6.46. The summed E-state index contributed by atoms with van der Waals surface area (Å²) in [4.78, 5) is 4.30. The number of benzene rings is 1. The zero-order valence-corrected chi connectivity index (χ0v) is 19.2. The molecule has 2 saturated heterocycles. The quantitative estimate of drug-likeness (QED) is 0.664. The fraction of sp³-hybridized carbons (Fsp3) is 0.600. The summed E-state index contributed by atoms with van der Waals surface area (Å²) < 4.78 is 30.6. The topological polar surface area (TPSA) is 111 Å². The van der Waals surface area contributed by atoms with Crippen molar-refractivity contribution in [1.82, 2.24) is 29.4 Å². The van der Waals surface area contributed by atoms with Gasteiger partial charge in [0.05, 0.1) is 12.1 Å². The van der Waals surface area contributed by atoms with Gasteiger partial charge in [-0.25, -0.2) is 13.1 Å². The van der Waals surface area contributed by atoms with Crippen molar-refractivity contribution in [2.45, 2.75) is 37.2 Å². The minimum Gasteiger partial charge on any atom is -0.367 e. The van der Waals surface area contributed by atoms with Crippen molar-refractivity contribution in [1.29, 1.82) is 5.26 Å². The van der Waals surface area contributed by atoms with Gasteiger partial charge < -0.3 is 9.80 Å². The molecule has 2 aromatic rings. The van der Waals surface area contributed by atoms with Crippen molar-refractivity contribution < 1.29 is 8.42 Å². The van der Waals surface area contributed by atoms with Gasteiger partial charge in [0, 0.05) is 38.9 Å². The molecule has 11 heteroatoms. The van der Waals surface area contributed by atoms with Gasteiger partial charge in [0.25, 0.3) is 0 Å². The van der Waals surface area contributed by atoms with Crippen LogP contribution in [0.3, 0.4) is 0 Å². The van der Waals surface area contributed by atoms with Crippen LogP contribution in [0.25, 0.3) is 0 Å². The number of likely N-dealkylation sites (tertiary alicyclic amines) is 1. The largest absolute Gasteiger partial charge is 0.367 e. The number of nitrogens with zero attached hydrogens (tertiary/aromatic N) is 8. The molecule has 10 nitrogen and oxygen atoms in total. The maximum Gasteiger partial charge on any atom is 0.244 e. The molecule has 1 aromatic heterocycles. The van der Waals surface area contributed by atoms with Crippen LogP contribution < -0.4 is 4.90 Å². The third kappa shape index (κ3) is 3.91. The minimum atomic E-state index is -3.76. The molecule has 166 valence electrons. The fourth-order valence-electron chi connectivity index (χ4n) is 4.83. The predicted octanol–water partition coefficient (Wildman–Crippen LogP) is 0.741. The third-order valence-corrected chi connectivity index (χ3v) is 8.59. The van der Waals surface area contributed by atoms with Gasteiger partial charge in [-0.2, -0.15) is 9.57 Å². The summed E-state index contributed by atoms with van der Waals surface area (Å²) in [5, 5.41) is 21.3. The highest BCUT2D eigenvalue weighted by atomic mass is 32.2. The smallest absolute Gasteiger partial charge is 0.244 e. The summed E-state index contributed by atoms with van der Waals surface area (Å²) in [7, 11) is 1.94. The van der Waals surface area contributed by atoms with Crippen LogP contribution in [0.1, 0.15) is 29.8 Å². The van der Waals surface area contributed by atoms with Crippen molar-refractivity contribution in [3.05, 3.63) is 29.1 Å². The summed E-state index contributed by atoms with van der Waals surface area (Å²) in [6, 6.07) is 5.60. The highest BCUT2D eigenvalue weighted by molar-refractivity contribution is 7.89. The Morgan fingerprint density at radius 3 is 2.71 bits per heavy atom. The first-order valence-corrected chi connectivity index (χ1v) is 11.8. The van der Waals surface area contributed by atoms with Crippen molar-refractivity contribution in [2.24, 2.45) is 13.0 Å². The molecule has 0 radical (unpaired) electrons. The number of aromatic nitrogens is 4. The molecular formula is C20H28N8O2S. The molecule has 0 amide bonds. The first-order chi connectivity index (χ1) is 14.7. The van der Waals surface area contributed by atoms with Crippen LogP contribution >= 0.6 is 0 Å². The van der Waals surface area contributed by atoms with Gasteiger partial charge in [0.1, 0.15) is 11.0 Å². The van der Waals surface area contributed by atoms with Gasteiger partial charge in [0.2, 0.25) is 10.0 Å². The summed E-state index contributed by atoms with van der Waals surface area (Å²) in [5.74, 6) is 1.02. The van der Waals surface area contributed by atoms with E-state index in [1.165, 1.54) is 0 Å². The van der Waals surface area contributed by atoms with E-state index in [2.05, 4.69) is 33.5 Å². The number of sulfonamides is 1. The van der Waals surface area contributed by atoms with Crippen molar-refractivity contribution in [2.75, 3.05) is 38.6 Å². The van der Waals surface area contributed by atoms with Gasteiger partial charge in [-0.3, -0.25) is 0 Å². The Balaban J connectivity index is 1.66. The van der Waals surface area contributed by atoms with Crippen LogP contribution in [0.15, 0.2) is 17.0 Å². The Morgan fingerprint density at radius 1 is 1.26 bits per heavy atom. The average molecular weight is 445 g/mol. The molecule has 0 saturated carbocycles. The lowest BCUT2D eigenvalue weighted by Crippen LogP contribution is -2.46. The number of fused-ring (bicyclic) bond motifs is 1. The van der Waals surface area contributed by atoms with Gasteiger partial charge in [-0.1, -0.05) is 0 Å². The Labute approximate surface area is 183 Å². The van der Waals surface area contributed by atoms with E-state index in [1.807, 2.05) is 18.0 Å². The fourth-order valence-corrected chi connectivity index (χ4v) is 6.89. The van der Waals surface area contributed by atoms with E-state index in [0.717, 1.165) is 31.6 Å². The highest BCUT2D eigenvalue weighted by Gasteiger charge is 2.44. The monoisotopic (exact) mass is 444 g/mol. The van der Waals surface area contributed by atoms with E-state index in [1.54, 1.807) is 29.0 Å². The Morgan fingerprint density at radius 2 is 2.03 bits per heavy atom. The van der Waals surface area contributed by atoms with Crippen LogP contribution in [-0.2, 0) is 23.6 Å². The van der Waals surface area contributed by atoms with Gasteiger partial charge in [-0.05, 0) is 67.4 Å². The summed E-state index contributed by atoms with van der Waals surface area (Å²) in [6.45, 7) is 4.51. The molecule has 0 spiro atoms. The first-order valence-electron chi connectivity index (χ1n) is 10.4. The minimum absolute atomic E-state index is 0.0120. The standard InChI is InChI=1S/C20H28N8O2S/c1-14-9-17(26(3)13-19-22-23-24-27(19)4)10-16(11-21)20(14)31(29,30)28-8-5-15-12-25(2)7-6-18(15)28/h9-10,15,18H,5-8,12-13H2,1-4H3/t15-,18+/m1/s1. The number of rotatable bonds is 5. The second-order valence-electron chi connectivity index (χ2n) is 8.61.